The third-order valence-corrected chi connectivity index (χ3v) is 8.08. The quantitative estimate of drug-likeness (QED) is 0.238. The number of rotatable bonds is 12. The summed E-state index contributed by atoms with van der Waals surface area (Å²) in [6, 6.07) is 11.9. The van der Waals surface area contributed by atoms with Crippen molar-refractivity contribution in [2.75, 3.05) is 64.7 Å². The number of allylic oxidation sites excluding steroid dienone is 5. The molecule has 0 bridgehead atoms. The average Bonchev–Trinajstić information content (AvgIpc) is 3.03. The molecule has 0 aliphatic heterocycles. The largest absolute Gasteiger partial charge is 0.495 e. The lowest BCUT2D eigenvalue weighted by Crippen LogP contribution is -2.37. The summed E-state index contributed by atoms with van der Waals surface area (Å²) < 4.78 is 25.3. The van der Waals surface area contributed by atoms with Gasteiger partial charge in [0.25, 0.3) is 0 Å². The fourth-order valence-electron chi connectivity index (χ4n) is 5.63. The Morgan fingerprint density at radius 3 is 2.00 bits per heavy atom. The second-order valence-corrected chi connectivity index (χ2v) is 11.9. The molecule has 4 rings (SSSR count). The van der Waals surface area contributed by atoms with E-state index in [-0.39, 0.29) is 5.41 Å². The predicted octanol–water partition coefficient (Wildman–Crippen LogP) is 4.36. The molecule has 12 nitrogen and oxygen atoms in total. The first-order chi connectivity index (χ1) is 22.8. The molecule has 48 heavy (non-hydrogen) atoms. The SMILES string of the molecule is CN=C1C=CC2=C(c3ccc(N(CC(=O)OCOC(C)=O)CC(=O)OCOC(C)=O)c(OC)c3)c3ccc(N(C)C)cc3C(C)(C)C2=C1. The van der Waals surface area contributed by atoms with E-state index in [9.17, 15) is 19.2 Å². The van der Waals surface area contributed by atoms with Crippen LogP contribution in [-0.2, 0) is 43.5 Å². The van der Waals surface area contributed by atoms with Crippen LogP contribution in [0.5, 0.6) is 5.75 Å². The molecule has 254 valence electrons. The van der Waals surface area contributed by atoms with Crippen LogP contribution < -0.4 is 14.5 Å². The molecular formula is C36H41N3O9. The predicted molar refractivity (Wildman–Crippen MR) is 181 cm³/mol. The summed E-state index contributed by atoms with van der Waals surface area (Å²) in [5.41, 5.74) is 8.24. The Balaban J connectivity index is 1.80. The van der Waals surface area contributed by atoms with Crippen molar-refractivity contribution in [3.05, 3.63) is 82.5 Å². The van der Waals surface area contributed by atoms with Crippen molar-refractivity contribution in [3.63, 3.8) is 0 Å². The summed E-state index contributed by atoms with van der Waals surface area (Å²) >= 11 is 0. The van der Waals surface area contributed by atoms with E-state index in [1.807, 2.05) is 32.3 Å². The van der Waals surface area contributed by atoms with Crippen LogP contribution in [0.25, 0.3) is 5.57 Å². The zero-order valence-electron chi connectivity index (χ0n) is 28.5. The molecule has 0 aromatic heterocycles. The second kappa shape index (κ2) is 15.0. The third-order valence-electron chi connectivity index (χ3n) is 8.08. The maximum atomic E-state index is 12.7. The molecule has 0 amide bonds. The van der Waals surface area contributed by atoms with Gasteiger partial charge in [-0.3, -0.25) is 24.2 Å². The van der Waals surface area contributed by atoms with Crippen LogP contribution in [0.2, 0.25) is 0 Å². The number of esters is 4. The van der Waals surface area contributed by atoms with Crippen molar-refractivity contribution in [2.45, 2.75) is 33.1 Å². The smallest absolute Gasteiger partial charge is 0.328 e. The highest BCUT2D eigenvalue weighted by atomic mass is 16.7. The molecule has 0 saturated heterocycles. The molecule has 0 saturated carbocycles. The lowest BCUT2D eigenvalue weighted by molar-refractivity contribution is -0.165. The zero-order valence-corrected chi connectivity index (χ0v) is 28.5. The first kappa shape index (κ1) is 35.5. The molecule has 0 atom stereocenters. The van der Waals surface area contributed by atoms with Crippen LogP contribution in [0.1, 0.15) is 44.4 Å². The molecular weight excluding hydrogens is 618 g/mol. The molecule has 12 heteroatoms. The van der Waals surface area contributed by atoms with Crippen molar-refractivity contribution in [2.24, 2.45) is 4.99 Å². The first-order valence-corrected chi connectivity index (χ1v) is 15.2. The number of hydrogen-bond donors (Lipinski definition) is 0. The van der Waals surface area contributed by atoms with Gasteiger partial charge in [-0.15, -0.1) is 0 Å². The maximum Gasteiger partial charge on any atom is 0.328 e. The number of anilines is 2. The summed E-state index contributed by atoms with van der Waals surface area (Å²) in [6.45, 7) is 4.82. The van der Waals surface area contributed by atoms with Gasteiger partial charge in [0.15, 0.2) is 0 Å². The van der Waals surface area contributed by atoms with Crippen LogP contribution in [-0.4, -0.2) is 84.5 Å². The van der Waals surface area contributed by atoms with Crippen molar-refractivity contribution in [1.29, 1.82) is 0 Å². The van der Waals surface area contributed by atoms with E-state index in [0.717, 1.165) is 44.8 Å². The van der Waals surface area contributed by atoms with E-state index in [4.69, 9.17) is 23.7 Å². The standard InChI is InChI=1S/C36H41N3O9/c1-22(40)45-20-47-33(42)18-39(19-34(43)48-21-46-23(2)41)31-14-9-24(15-32(31)44-8)35-27-12-10-25(37-5)16-29(27)36(3,4)30-17-26(38(6)7)11-13-28(30)35/h9-17H,18-21H2,1-8H3. The minimum Gasteiger partial charge on any atom is -0.495 e. The number of aliphatic imine (C=N–C) groups is 1. The van der Waals surface area contributed by atoms with Gasteiger partial charge in [0.2, 0.25) is 13.6 Å². The summed E-state index contributed by atoms with van der Waals surface area (Å²) in [5, 5.41) is 0. The number of nitrogens with zero attached hydrogens (tertiary/aromatic N) is 3. The van der Waals surface area contributed by atoms with Crippen LogP contribution in [0.15, 0.2) is 70.8 Å². The Kier molecular flexibility index (Phi) is 11.1. The topological polar surface area (TPSA) is 133 Å². The monoisotopic (exact) mass is 659 g/mol. The van der Waals surface area contributed by atoms with Gasteiger partial charge >= 0.3 is 23.9 Å². The van der Waals surface area contributed by atoms with Crippen LogP contribution >= 0.6 is 0 Å². The van der Waals surface area contributed by atoms with E-state index >= 15 is 0 Å². The normalized spacial score (nSPS) is 15.1. The zero-order chi connectivity index (χ0) is 35.2. The third kappa shape index (κ3) is 7.93. The molecule has 2 aliphatic rings. The lowest BCUT2D eigenvalue weighted by Gasteiger charge is -2.40. The fraction of sp³-hybridized carbons (Fsp3) is 0.361. The van der Waals surface area contributed by atoms with Gasteiger partial charge in [0, 0.05) is 46.1 Å². The van der Waals surface area contributed by atoms with E-state index < -0.39 is 50.6 Å². The molecule has 0 fully saturated rings. The number of ether oxygens (including phenoxy) is 5. The van der Waals surface area contributed by atoms with E-state index in [1.165, 1.54) is 25.9 Å². The fourth-order valence-corrected chi connectivity index (χ4v) is 5.63. The van der Waals surface area contributed by atoms with Gasteiger partial charge < -0.3 is 33.5 Å². The first-order valence-electron chi connectivity index (χ1n) is 15.2. The Morgan fingerprint density at radius 2 is 1.46 bits per heavy atom. The van der Waals surface area contributed by atoms with Crippen LogP contribution in [0.4, 0.5) is 11.4 Å². The summed E-state index contributed by atoms with van der Waals surface area (Å²) in [7, 11) is 7.29. The molecule has 0 N–H and O–H groups in total. The molecule has 2 aromatic rings. The van der Waals surface area contributed by atoms with Crippen molar-refractivity contribution < 1.29 is 42.9 Å². The van der Waals surface area contributed by atoms with E-state index in [0.29, 0.717) is 11.4 Å². The van der Waals surface area contributed by atoms with E-state index in [2.05, 4.69) is 54.1 Å². The second-order valence-electron chi connectivity index (χ2n) is 11.9. The molecule has 2 aliphatic carbocycles. The van der Waals surface area contributed by atoms with Gasteiger partial charge in [0.1, 0.15) is 18.8 Å². The Bertz CT molecular complexity index is 1700. The average molecular weight is 660 g/mol. The molecule has 0 radical (unpaired) electrons. The molecule has 2 aromatic carbocycles. The Hall–Kier alpha value is -5.39. The van der Waals surface area contributed by atoms with Gasteiger partial charge in [-0.1, -0.05) is 32.1 Å². The highest BCUT2D eigenvalue weighted by Crippen LogP contribution is 2.51. The van der Waals surface area contributed by atoms with Crippen molar-refractivity contribution >= 4 is 46.5 Å². The highest BCUT2D eigenvalue weighted by molar-refractivity contribution is 6.09. The Labute approximate surface area is 280 Å². The van der Waals surface area contributed by atoms with Gasteiger partial charge in [0.05, 0.1) is 18.5 Å². The van der Waals surface area contributed by atoms with Gasteiger partial charge in [-0.25, -0.2) is 0 Å². The molecule has 0 unspecified atom stereocenters. The van der Waals surface area contributed by atoms with Gasteiger partial charge in [-0.2, -0.15) is 0 Å². The lowest BCUT2D eigenvalue weighted by atomic mass is 9.64. The van der Waals surface area contributed by atoms with Crippen molar-refractivity contribution in [1.82, 2.24) is 0 Å². The minimum atomic E-state index is -0.768. The number of benzene rings is 2. The number of carbonyl (C=O) groups is 4. The summed E-state index contributed by atoms with van der Waals surface area (Å²) in [6.07, 6.45) is 6.20. The molecule has 0 heterocycles. The highest BCUT2D eigenvalue weighted by Gasteiger charge is 2.38. The number of fused-ring (bicyclic) bond motifs is 2. The van der Waals surface area contributed by atoms with Crippen molar-refractivity contribution in [3.8, 4) is 5.75 Å². The van der Waals surface area contributed by atoms with Crippen LogP contribution in [0.3, 0.4) is 0 Å². The minimum absolute atomic E-state index is 0.333. The Morgan fingerprint density at radius 1 is 0.833 bits per heavy atom. The summed E-state index contributed by atoms with van der Waals surface area (Å²) in [4.78, 5) is 55.7. The van der Waals surface area contributed by atoms with E-state index in [1.54, 1.807) is 13.1 Å². The number of hydrogen-bond acceptors (Lipinski definition) is 12. The van der Waals surface area contributed by atoms with Crippen LogP contribution in [0, 0.1) is 0 Å². The summed E-state index contributed by atoms with van der Waals surface area (Å²) in [5.74, 6) is -2.39. The number of carbonyl (C=O) groups excluding carboxylic acids is 4. The maximum absolute atomic E-state index is 12.7. The molecule has 0 spiro atoms. The van der Waals surface area contributed by atoms with Gasteiger partial charge in [-0.05, 0) is 69.8 Å². The number of methoxy groups -OCH3 is 1.